The molecule has 2 aromatic rings. The number of ether oxygens (including phenoxy) is 1. The Balaban J connectivity index is 1.93. The first-order chi connectivity index (χ1) is 8.83. The molecule has 0 amide bonds. The van der Waals surface area contributed by atoms with E-state index >= 15 is 0 Å². The first-order valence-corrected chi connectivity index (χ1v) is 6.73. The Bertz CT molecular complexity index is 574. The molecule has 3 rings (SSSR count). The van der Waals surface area contributed by atoms with Crippen LogP contribution in [-0.4, -0.2) is 15.0 Å². The van der Waals surface area contributed by atoms with Gasteiger partial charge in [0.15, 0.2) is 0 Å². The van der Waals surface area contributed by atoms with Crippen LogP contribution in [0.3, 0.4) is 0 Å². The number of fused-ring (bicyclic) bond motifs is 1. The maximum atomic E-state index is 5.81. The fourth-order valence-corrected chi connectivity index (χ4v) is 2.48. The Kier molecular flexibility index (Phi) is 3.23. The van der Waals surface area contributed by atoms with Crippen molar-refractivity contribution in [3.8, 4) is 11.6 Å². The highest BCUT2D eigenvalue weighted by molar-refractivity contribution is 9.10. The van der Waals surface area contributed by atoms with Crippen molar-refractivity contribution < 1.29 is 4.74 Å². The van der Waals surface area contributed by atoms with Crippen LogP contribution < -0.4 is 4.74 Å². The minimum absolute atomic E-state index is 0.666. The van der Waals surface area contributed by atoms with E-state index in [1.807, 2.05) is 6.07 Å². The van der Waals surface area contributed by atoms with Gasteiger partial charge in [-0.3, -0.25) is 4.98 Å². The molecule has 2 aromatic heterocycles. The van der Waals surface area contributed by atoms with Gasteiger partial charge in [0.1, 0.15) is 12.1 Å². The van der Waals surface area contributed by atoms with Gasteiger partial charge in [-0.05, 0) is 47.7 Å². The highest BCUT2D eigenvalue weighted by atomic mass is 79.9. The lowest BCUT2D eigenvalue weighted by molar-refractivity contribution is 0.444. The van der Waals surface area contributed by atoms with Gasteiger partial charge in [-0.2, -0.15) is 0 Å². The average molecular weight is 306 g/mol. The molecule has 0 atom stereocenters. The third kappa shape index (κ3) is 2.36. The van der Waals surface area contributed by atoms with E-state index < -0.39 is 0 Å². The van der Waals surface area contributed by atoms with Gasteiger partial charge in [0.05, 0.1) is 11.9 Å². The molecule has 0 saturated carbocycles. The zero-order valence-electron chi connectivity index (χ0n) is 9.77. The third-order valence-electron chi connectivity index (χ3n) is 2.98. The average Bonchev–Trinajstić information content (AvgIpc) is 2.39. The molecule has 0 saturated heterocycles. The molecule has 92 valence electrons. The van der Waals surface area contributed by atoms with E-state index in [4.69, 9.17) is 4.74 Å². The summed E-state index contributed by atoms with van der Waals surface area (Å²) < 4.78 is 6.71. The van der Waals surface area contributed by atoms with Crippen LogP contribution in [0.4, 0.5) is 0 Å². The monoisotopic (exact) mass is 305 g/mol. The van der Waals surface area contributed by atoms with Gasteiger partial charge >= 0.3 is 0 Å². The predicted molar refractivity (Wildman–Crippen MR) is 70.7 cm³/mol. The van der Waals surface area contributed by atoms with Gasteiger partial charge in [-0.1, -0.05) is 0 Å². The molecule has 0 radical (unpaired) electrons. The van der Waals surface area contributed by atoms with Gasteiger partial charge in [-0.25, -0.2) is 9.97 Å². The van der Waals surface area contributed by atoms with Gasteiger partial charge in [-0.15, -0.1) is 0 Å². The van der Waals surface area contributed by atoms with Crippen LogP contribution in [0, 0.1) is 0 Å². The lowest BCUT2D eigenvalue weighted by Crippen LogP contribution is -2.08. The molecule has 1 aliphatic rings. The molecular formula is C13H12BrN3O. The number of halogens is 1. The lowest BCUT2D eigenvalue weighted by Gasteiger charge is -2.16. The Labute approximate surface area is 114 Å². The molecule has 0 aliphatic heterocycles. The van der Waals surface area contributed by atoms with E-state index in [0.717, 1.165) is 28.6 Å². The largest absolute Gasteiger partial charge is 0.437 e. The Morgan fingerprint density at radius 3 is 2.89 bits per heavy atom. The number of hydrogen-bond donors (Lipinski definition) is 0. The number of nitrogens with zero attached hydrogens (tertiary/aromatic N) is 3. The van der Waals surface area contributed by atoms with Gasteiger partial charge < -0.3 is 4.74 Å². The molecule has 0 aromatic carbocycles. The van der Waals surface area contributed by atoms with E-state index in [0.29, 0.717) is 11.6 Å². The predicted octanol–water partition coefficient (Wildman–Crippen LogP) is 3.31. The fourth-order valence-electron chi connectivity index (χ4n) is 2.14. The Morgan fingerprint density at radius 1 is 1.11 bits per heavy atom. The van der Waals surface area contributed by atoms with Crippen LogP contribution in [-0.2, 0) is 12.8 Å². The summed E-state index contributed by atoms with van der Waals surface area (Å²) >= 11 is 3.38. The summed E-state index contributed by atoms with van der Waals surface area (Å²) in [6.07, 6.45) is 9.36. The zero-order valence-corrected chi connectivity index (χ0v) is 11.4. The minimum Gasteiger partial charge on any atom is -0.437 e. The molecule has 0 spiro atoms. The quantitative estimate of drug-likeness (QED) is 0.854. The molecule has 0 bridgehead atoms. The molecule has 18 heavy (non-hydrogen) atoms. The highest BCUT2D eigenvalue weighted by Crippen LogP contribution is 2.29. The summed E-state index contributed by atoms with van der Waals surface area (Å²) in [4.78, 5) is 12.6. The van der Waals surface area contributed by atoms with Crippen LogP contribution in [0.2, 0.25) is 0 Å². The number of pyridine rings is 1. The smallest absolute Gasteiger partial charge is 0.225 e. The molecule has 1 aliphatic carbocycles. The van der Waals surface area contributed by atoms with Crippen LogP contribution >= 0.6 is 15.9 Å². The summed E-state index contributed by atoms with van der Waals surface area (Å²) in [5.41, 5.74) is 2.26. The molecular weight excluding hydrogens is 294 g/mol. The molecule has 2 heterocycles. The first-order valence-electron chi connectivity index (χ1n) is 5.94. The highest BCUT2D eigenvalue weighted by Gasteiger charge is 2.16. The van der Waals surface area contributed by atoms with Crippen molar-refractivity contribution >= 4 is 15.9 Å². The number of rotatable bonds is 2. The molecule has 4 nitrogen and oxygen atoms in total. The van der Waals surface area contributed by atoms with Crippen molar-refractivity contribution in [1.29, 1.82) is 0 Å². The summed E-state index contributed by atoms with van der Waals surface area (Å²) in [5, 5.41) is 0. The molecule has 0 N–H and O–H groups in total. The Hall–Kier alpha value is -1.49. The summed E-state index contributed by atoms with van der Waals surface area (Å²) in [6, 6.07) is 1.88. The minimum atomic E-state index is 0.666. The second-order valence-corrected chi connectivity index (χ2v) is 5.17. The number of aryl methyl sites for hydroxylation is 1. The summed E-state index contributed by atoms with van der Waals surface area (Å²) in [7, 11) is 0. The van der Waals surface area contributed by atoms with Crippen molar-refractivity contribution in [3.05, 3.63) is 40.5 Å². The third-order valence-corrected chi connectivity index (χ3v) is 3.41. The normalized spacial score (nSPS) is 14.1. The maximum absolute atomic E-state index is 5.81. The second kappa shape index (κ2) is 5.02. The van der Waals surface area contributed by atoms with Crippen molar-refractivity contribution in [2.75, 3.05) is 0 Å². The van der Waals surface area contributed by atoms with Crippen molar-refractivity contribution in [1.82, 2.24) is 15.0 Å². The molecule has 0 fully saturated rings. The topological polar surface area (TPSA) is 47.9 Å². The van der Waals surface area contributed by atoms with Crippen LogP contribution in [0.15, 0.2) is 29.3 Å². The van der Waals surface area contributed by atoms with E-state index in [1.54, 1.807) is 18.7 Å². The van der Waals surface area contributed by atoms with Gasteiger partial charge in [0, 0.05) is 16.2 Å². The van der Waals surface area contributed by atoms with Gasteiger partial charge in [0.2, 0.25) is 5.88 Å². The first kappa shape index (κ1) is 11.6. The van der Waals surface area contributed by atoms with E-state index in [2.05, 4.69) is 30.9 Å². The van der Waals surface area contributed by atoms with Crippen LogP contribution in [0.25, 0.3) is 0 Å². The summed E-state index contributed by atoms with van der Waals surface area (Å²) in [5.74, 6) is 1.36. The summed E-state index contributed by atoms with van der Waals surface area (Å²) in [6.45, 7) is 0. The number of hydrogen-bond acceptors (Lipinski definition) is 4. The second-order valence-electron chi connectivity index (χ2n) is 4.25. The van der Waals surface area contributed by atoms with E-state index in [9.17, 15) is 0 Å². The lowest BCUT2D eigenvalue weighted by atomic mass is 9.97. The van der Waals surface area contributed by atoms with Crippen molar-refractivity contribution in [2.24, 2.45) is 0 Å². The number of aromatic nitrogens is 3. The maximum Gasteiger partial charge on any atom is 0.225 e. The zero-order chi connectivity index (χ0) is 12.4. The standard InChI is InChI=1S/C13H12BrN3O/c14-9-5-10(7-15-6-9)18-13-11-3-1-2-4-12(11)16-8-17-13/h5-8H,1-4H2. The molecule has 0 unspecified atom stereocenters. The fraction of sp³-hybridized carbons (Fsp3) is 0.308. The van der Waals surface area contributed by atoms with Crippen molar-refractivity contribution in [3.63, 3.8) is 0 Å². The van der Waals surface area contributed by atoms with Crippen LogP contribution in [0.5, 0.6) is 11.6 Å². The van der Waals surface area contributed by atoms with Gasteiger partial charge in [0.25, 0.3) is 0 Å². The van der Waals surface area contributed by atoms with Crippen LogP contribution in [0.1, 0.15) is 24.1 Å². The Morgan fingerprint density at radius 2 is 2.00 bits per heavy atom. The van der Waals surface area contributed by atoms with E-state index in [-0.39, 0.29) is 0 Å². The van der Waals surface area contributed by atoms with E-state index in [1.165, 1.54) is 12.8 Å². The molecule has 5 heteroatoms. The SMILES string of the molecule is Brc1cncc(Oc2ncnc3c2CCCC3)c1. The van der Waals surface area contributed by atoms with Crippen molar-refractivity contribution in [2.45, 2.75) is 25.7 Å².